The highest BCUT2D eigenvalue weighted by atomic mass is 79.9. The van der Waals surface area contributed by atoms with Gasteiger partial charge in [-0.2, -0.15) is 0 Å². The van der Waals surface area contributed by atoms with Crippen molar-refractivity contribution in [2.24, 2.45) is 0 Å². The molecular formula is C15H13BrN2O4. The van der Waals surface area contributed by atoms with Gasteiger partial charge in [0.2, 0.25) is 0 Å². The van der Waals surface area contributed by atoms with Gasteiger partial charge >= 0.3 is 0 Å². The zero-order valence-corrected chi connectivity index (χ0v) is 13.2. The molecule has 0 saturated heterocycles. The Labute approximate surface area is 135 Å². The fourth-order valence-corrected chi connectivity index (χ4v) is 2.12. The van der Waals surface area contributed by atoms with Crippen molar-refractivity contribution < 1.29 is 14.5 Å². The summed E-state index contributed by atoms with van der Waals surface area (Å²) in [4.78, 5) is 22.3. The van der Waals surface area contributed by atoms with Crippen molar-refractivity contribution in [1.82, 2.24) is 0 Å². The van der Waals surface area contributed by atoms with Crippen LogP contribution in [0, 0.1) is 10.1 Å². The summed E-state index contributed by atoms with van der Waals surface area (Å²) in [6, 6.07) is 12.9. The number of hydrogen-bond acceptors (Lipinski definition) is 4. The topological polar surface area (TPSA) is 81.5 Å². The lowest BCUT2D eigenvalue weighted by Gasteiger charge is -2.14. The number of carbonyl (C=O) groups is 1. The van der Waals surface area contributed by atoms with Gasteiger partial charge in [-0.1, -0.05) is 28.1 Å². The third kappa shape index (κ3) is 4.29. The first-order valence-corrected chi connectivity index (χ1v) is 7.22. The van der Waals surface area contributed by atoms with Crippen LogP contribution >= 0.6 is 15.9 Å². The summed E-state index contributed by atoms with van der Waals surface area (Å²) in [7, 11) is 0. The van der Waals surface area contributed by atoms with Gasteiger partial charge in [0.25, 0.3) is 11.6 Å². The Bertz CT molecular complexity index is 705. The minimum atomic E-state index is -0.742. The summed E-state index contributed by atoms with van der Waals surface area (Å²) in [5.41, 5.74) is 0.266. The molecule has 0 radical (unpaired) electrons. The van der Waals surface area contributed by atoms with E-state index in [1.165, 1.54) is 18.2 Å². The number of anilines is 1. The molecule has 0 heterocycles. The summed E-state index contributed by atoms with van der Waals surface area (Å²) < 4.78 is 6.37. The highest BCUT2D eigenvalue weighted by Gasteiger charge is 2.16. The number of halogens is 1. The van der Waals surface area contributed by atoms with Gasteiger partial charge in [0.05, 0.1) is 4.92 Å². The first kappa shape index (κ1) is 16.0. The summed E-state index contributed by atoms with van der Waals surface area (Å²) in [6.07, 6.45) is -0.742. The van der Waals surface area contributed by atoms with Crippen molar-refractivity contribution in [3.05, 3.63) is 63.1 Å². The maximum absolute atomic E-state index is 12.1. The Kier molecular flexibility index (Phi) is 5.11. The summed E-state index contributed by atoms with van der Waals surface area (Å²) in [5.74, 6) is 0.163. The highest BCUT2D eigenvalue weighted by Crippen LogP contribution is 2.20. The molecule has 7 heteroatoms. The molecule has 1 unspecified atom stereocenters. The van der Waals surface area contributed by atoms with E-state index in [2.05, 4.69) is 21.2 Å². The lowest BCUT2D eigenvalue weighted by molar-refractivity contribution is -0.384. The van der Waals surface area contributed by atoms with E-state index in [-0.39, 0.29) is 11.6 Å². The average molecular weight is 365 g/mol. The van der Waals surface area contributed by atoms with Gasteiger partial charge < -0.3 is 10.1 Å². The molecule has 1 atom stereocenters. The van der Waals surface area contributed by atoms with Crippen LogP contribution in [0.4, 0.5) is 11.4 Å². The number of nitrogens with one attached hydrogen (secondary N) is 1. The Morgan fingerprint density at radius 2 is 2.00 bits per heavy atom. The zero-order chi connectivity index (χ0) is 16.1. The van der Waals surface area contributed by atoms with E-state index in [1.54, 1.807) is 31.2 Å². The van der Waals surface area contributed by atoms with E-state index < -0.39 is 11.0 Å². The van der Waals surface area contributed by atoms with Gasteiger partial charge in [-0.05, 0) is 31.2 Å². The molecule has 0 spiro atoms. The number of nitro benzene ring substituents is 1. The number of carbonyl (C=O) groups excluding carboxylic acids is 1. The van der Waals surface area contributed by atoms with Crippen molar-refractivity contribution in [1.29, 1.82) is 0 Å². The zero-order valence-electron chi connectivity index (χ0n) is 11.7. The van der Waals surface area contributed by atoms with Crippen molar-refractivity contribution in [2.45, 2.75) is 13.0 Å². The first-order valence-electron chi connectivity index (χ1n) is 6.43. The number of benzene rings is 2. The minimum Gasteiger partial charge on any atom is -0.481 e. The number of nitrogens with zero attached hydrogens (tertiary/aromatic N) is 1. The van der Waals surface area contributed by atoms with E-state index in [0.717, 1.165) is 4.47 Å². The number of hydrogen-bond donors (Lipinski definition) is 1. The van der Waals surface area contributed by atoms with E-state index in [9.17, 15) is 14.9 Å². The summed E-state index contributed by atoms with van der Waals surface area (Å²) >= 11 is 3.32. The van der Waals surface area contributed by atoms with Crippen LogP contribution in [0.2, 0.25) is 0 Å². The molecule has 0 aromatic heterocycles. The van der Waals surface area contributed by atoms with Crippen LogP contribution in [0.25, 0.3) is 0 Å². The number of amides is 1. The molecule has 2 aromatic carbocycles. The first-order chi connectivity index (χ1) is 10.5. The minimum absolute atomic E-state index is 0.0849. The van der Waals surface area contributed by atoms with Crippen molar-refractivity contribution in [3.8, 4) is 5.75 Å². The summed E-state index contributed by atoms with van der Waals surface area (Å²) in [5, 5.41) is 13.3. The molecule has 22 heavy (non-hydrogen) atoms. The number of nitro groups is 1. The average Bonchev–Trinajstić information content (AvgIpc) is 2.47. The molecule has 0 fully saturated rings. The lowest BCUT2D eigenvalue weighted by atomic mass is 10.2. The molecule has 0 saturated carbocycles. The Hall–Kier alpha value is -2.41. The van der Waals surface area contributed by atoms with Gasteiger partial charge in [-0.3, -0.25) is 14.9 Å². The Balaban J connectivity index is 2.02. The molecule has 0 bridgehead atoms. The second-order valence-corrected chi connectivity index (χ2v) is 5.43. The van der Waals surface area contributed by atoms with Crippen LogP contribution < -0.4 is 10.1 Å². The van der Waals surface area contributed by atoms with Crippen LogP contribution in [0.5, 0.6) is 5.75 Å². The molecule has 1 amide bonds. The normalized spacial score (nSPS) is 11.5. The maximum Gasteiger partial charge on any atom is 0.271 e. The quantitative estimate of drug-likeness (QED) is 0.646. The monoisotopic (exact) mass is 364 g/mol. The molecule has 1 N–H and O–H groups in total. The molecule has 0 aliphatic heterocycles. The molecule has 6 nitrogen and oxygen atoms in total. The smallest absolute Gasteiger partial charge is 0.271 e. The van der Waals surface area contributed by atoms with Crippen molar-refractivity contribution in [3.63, 3.8) is 0 Å². The number of ether oxygens (including phenoxy) is 1. The molecule has 114 valence electrons. The van der Waals surface area contributed by atoms with Gasteiger partial charge in [0.15, 0.2) is 6.10 Å². The second kappa shape index (κ2) is 7.04. The van der Waals surface area contributed by atoms with Gasteiger partial charge in [0, 0.05) is 22.3 Å². The van der Waals surface area contributed by atoms with E-state index in [1.807, 2.05) is 6.07 Å². The predicted molar refractivity (Wildman–Crippen MR) is 86.0 cm³/mol. The lowest BCUT2D eigenvalue weighted by Crippen LogP contribution is -2.30. The SMILES string of the molecule is CC(Oc1cccc(Br)c1)C(=O)Nc1cccc([N+](=O)[O-])c1. The molecular weight excluding hydrogens is 352 g/mol. The maximum atomic E-state index is 12.1. The molecule has 2 aromatic rings. The largest absolute Gasteiger partial charge is 0.481 e. The molecule has 0 aliphatic rings. The fourth-order valence-electron chi connectivity index (χ4n) is 1.74. The van der Waals surface area contributed by atoms with Crippen molar-refractivity contribution in [2.75, 3.05) is 5.32 Å². The highest BCUT2D eigenvalue weighted by molar-refractivity contribution is 9.10. The number of non-ortho nitro benzene ring substituents is 1. The van der Waals surface area contributed by atoms with Gasteiger partial charge in [-0.25, -0.2) is 0 Å². The third-order valence-corrected chi connectivity index (χ3v) is 3.30. The Morgan fingerprint density at radius 3 is 2.68 bits per heavy atom. The van der Waals surface area contributed by atoms with Crippen LogP contribution in [0.1, 0.15) is 6.92 Å². The third-order valence-electron chi connectivity index (χ3n) is 2.80. The fraction of sp³-hybridized carbons (Fsp3) is 0.133. The second-order valence-electron chi connectivity index (χ2n) is 4.51. The Morgan fingerprint density at radius 1 is 1.27 bits per heavy atom. The van der Waals surface area contributed by atoms with Gasteiger partial charge in [0.1, 0.15) is 5.75 Å². The molecule has 2 rings (SSSR count). The van der Waals surface area contributed by atoms with E-state index in [0.29, 0.717) is 11.4 Å². The standard InChI is InChI=1S/C15H13BrN2O4/c1-10(22-14-7-2-4-11(16)8-14)15(19)17-12-5-3-6-13(9-12)18(20)21/h2-10H,1H3,(H,17,19). The van der Waals surface area contributed by atoms with Gasteiger partial charge in [-0.15, -0.1) is 0 Å². The molecule has 0 aliphatic carbocycles. The van der Waals surface area contributed by atoms with Crippen LogP contribution in [-0.2, 0) is 4.79 Å². The summed E-state index contributed by atoms with van der Waals surface area (Å²) in [6.45, 7) is 1.60. The van der Waals surface area contributed by atoms with E-state index >= 15 is 0 Å². The van der Waals surface area contributed by atoms with Crippen molar-refractivity contribution >= 4 is 33.2 Å². The van der Waals surface area contributed by atoms with E-state index in [4.69, 9.17) is 4.74 Å². The predicted octanol–water partition coefficient (Wildman–Crippen LogP) is 3.76. The van der Waals surface area contributed by atoms with Crippen LogP contribution in [0.3, 0.4) is 0 Å². The number of rotatable bonds is 5. The van der Waals surface area contributed by atoms with Crippen LogP contribution in [0.15, 0.2) is 53.0 Å². The van der Waals surface area contributed by atoms with Crippen LogP contribution in [-0.4, -0.2) is 16.9 Å².